The summed E-state index contributed by atoms with van der Waals surface area (Å²) in [5.41, 5.74) is 4.84. The summed E-state index contributed by atoms with van der Waals surface area (Å²) >= 11 is 0. The van der Waals surface area contributed by atoms with Crippen LogP contribution in [0, 0.1) is 0 Å². The SMILES string of the molecule is CN1CCN(c2ccc(-c3cc4nccnc4c(NCC4CNCCO4)n3)cc2)CC1. The lowest BCUT2D eigenvalue weighted by Gasteiger charge is -2.34. The minimum absolute atomic E-state index is 0.119. The maximum absolute atomic E-state index is 5.81. The average molecular weight is 420 g/mol. The van der Waals surface area contributed by atoms with Crippen LogP contribution in [-0.4, -0.2) is 85.4 Å². The quantitative estimate of drug-likeness (QED) is 0.649. The van der Waals surface area contributed by atoms with Crippen molar-refractivity contribution in [1.82, 2.24) is 25.2 Å². The minimum atomic E-state index is 0.119. The van der Waals surface area contributed by atoms with Gasteiger partial charge in [-0.05, 0) is 25.2 Å². The predicted octanol–water partition coefficient (Wildman–Crippen LogP) is 1.84. The zero-order chi connectivity index (χ0) is 21.0. The molecule has 2 aliphatic rings. The molecule has 2 N–H and O–H groups in total. The monoisotopic (exact) mass is 419 g/mol. The number of pyridine rings is 1. The molecule has 8 heteroatoms. The van der Waals surface area contributed by atoms with Crippen LogP contribution in [0.5, 0.6) is 0 Å². The van der Waals surface area contributed by atoms with Gasteiger partial charge in [-0.2, -0.15) is 0 Å². The van der Waals surface area contributed by atoms with Gasteiger partial charge < -0.3 is 25.2 Å². The molecule has 0 bridgehead atoms. The molecule has 1 atom stereocenters. The van der Waals surface area contributed by atoms with Crippen LogP contribution in [0.2, 0.25) is 0 Å². The number of aromatic nitrogens is 3. The van der Waals surface area contributed by atoms with Gasteiger partial charge in [0.2, 0.25) is 0 Å². The van der Waals surface area contributed by atoms with E-state index >= 15 is 0 Å². The lowest BCUT2D eigenvalue weighted by atomic mass is 10.1. The Morgan fingerprint density at radius 2 is 1.90 bits per heavy atom. The number of fused-ring (bicyclic) bond motifs is 1. The first-order valence-corrected chi connectivity index (χ1v) is 11.0. The molecule has 2 aromatic heterocycles. The molecule has 4 heterocycles. The molecule has 1 aromatic carbocycles. The number of nitrogens with one attached hydrogen (secondary N) is 2. The fourth-order valence-electron chi connectivity index (χ4n) is 4.11. The number of nitrogens with zero attached hydrogens (tertiary/aromatic N) is 5. The van der Waals surface area contributed by atoms with Gasteiger partial charge in [0.25, 0.3) is 0 Å². The van der Waals surface area contributed by atoms with E-state index < -0.39 is 0 Å². The second-order valence-electron chi connectivity index (χ2n) is 8.20. The highest BCUT2D eigenvalue weighted by Crippen LogP contribution is 2.27. The van der Waals surface area contributed by atoms with Crippen molar-refractivity contribution in [2.75, 3.05) is 69.7 Å². The Labute approximate surface area is 182 Å². The van der Waals surface area contributed by atoms with Gasteiger partial charge in [0, 0.05) is 69.5 Å². The van der Waals surface area contributed by atoms with Crippen molar-refractivity contribution in [3.8, 4) is 11.3 Å². The molecule has 2 saturated heterocycles. The molecule has 2 fully saturated rings. The second-order valence-corrected chi connectivity index (χ2v) is 8.20. The van der Waals surface area contributed by atoms with Crippen LogP contribution >= 0.6 is 0 Å². The van der Waals surface area contributed by atoms with Gasteiger partial charge in [-0.25, -0.2) is 9.97 Å². The first-order valence-electron chi connectivity index (χ1n) is 11.0. The number of benzene rings is 1. The van der Waals surface area contributed by atoms with E-state index in [1.54, 1.807) is 12.4 Å². The number of hydrogen-bond acceptors (Lipinski definition) is 8. The Hall–Kier alpha value is -2.81. The lowest BCUT2D eigenvalue weighted by molar-refractivity contribution is 0.0372. The Kier molecular flexibility index (Phi) is 5.93. The highest BCUT2D eigenvalue weighted by Gasteiger charge is 2.17. The number of morpholine rings is 1. The van der Waals surface area contributed by atoms with Crippen LogP contribution in [0.1, 0.15) is 0 Å². The lowest BCUT2D eigenvalue weighted by Crippen LogP contribution is -2.44. The Bertz CT molecular complexity index is 1010. The summed E-state index contributed by atoms with van der Waals surface area (Å²) in [5, 5.41) is 6.80. The van der Waals surface area contributed by atoms with Crippen LogP contribution in [0.3, 0.4) is 0 Å². The molecule has 2 aliphatic heterocycles. The largest absolute Gasteiger partial charge is 0.374 e. The topological polar surface area (TPSA) is 78.4 Å². The van der Waals surface area contributed by atoms with Gasteiger partial charge in [-0.3, -0.25) is 4.98 Å². The highest BCUT2D eigenvalue weighted by molar-refractivity contribution is 5.88. The van der Waals surface area contributed by atoms with Gasteiger partial charge in [-0.15, -0.1) is 0 Å². The second kappa shape index (κ2) is 9.13. The molecule has 162 valence electrons. The Morgan fingerprint density at radius 3 is 2.68 bits per heavy atom. The fourth-order valence-corrected chi connectivity index (χ4v) is 4.11. The van der Waals surface area contributed by atoms with Crippen molar-refractivity contribution in [2.45, 2.75) is 6.10 Å². The molecule has 8 nitrogen and oxygen atoms in total. The normalized spacial score (nSPS) is 20.2. The first kappa shape index (κ1) is 20.1. The molecule has 0 radical (unpaired) electrons. The molecule has 5 rings (SSSR count). The van der Waals surface area contributed by atoms with E-state index in [2.05, 4.69) is 61.7 Å². The van der Waals surface area contributed by atoms with Crippen molar-refractivity contribution in [3.63, 3.8) is 0 Å². The van der Waals surface area contributed by atoms with Gasteiger partial charge in [0.15, 0.2) is 5.82 Å². The standard InChI is InChI=1S/C23H29N7O/c1-29-9-11-30(12-10-29)18-4-2-17(3-5-18)20-14-21-22(26-7-6-25-21)23(28-20)27-16-19-15-24-8-13-31-19/h2-7,14,19,24H,8-13,15-16H2,1H3,(H,27,28). The Balaban J connectivity index is 1.39. The summed E-state index contributed by atoms with van der Waals surface area (Å²) in [5.74, 6) is 0.748. The van der Waals surface area contributed by atoms with E-state index in [1.165, 1.54) is 5.69 Å². The zero-order valence-electron chi connectivity index (χ0n) is 17.9. The molecule has 3 aromatic rings. The number of likely N-dealkylation sites (N-methyl/N-ethyl adjacent to an activating group) is 1. The third-order valence-corrected chi connectivity index (χ3v) is 5.99. The van der Waals surface area contributed by atoms with E-state index in [1.807, 2.05) is 6.07 Å². The van der Waals surface area contributed by atoms with Crippen molar-refractivity contribution in [3.05, 3.63) is 42.7 Å². The summed E-state index contributed by atoms with van der Waals surface area (Å²) in [6, 6.07) is 10.7. The van der Waals surface area contributed by atoms with Crippen LogP contribution < -0.4 is 15.5 Å². The van der Waals surface area contributed by atoms with E-state index in [4.69, 9.17) is 9.72 Å². The van der Waals surface area contributed by atoms with Crippen molar-refractivity contribution >= 4 is 22.5 Å². The van der Waals surface area contributed by atoms with Gasteiger partial charge >= 0.3 is 0 Å². The predicted molar refractivity (Wildman–Crippen MR) is 124 cm³/mol. The van der Waals surface area contributed by atoms with Crippen LogP contribution in [0.15, 0.2) is 42.7 Å². The number of ether oxygens (including phenoxy) is 1. The van der Waals surface area contributed by atoms with E-state index in [9.17, 15) is 0 Å². The van der Waals surface area contributed by atoms with Crippen molar-refractivity contribution < 1.29 is 4.74 Å². The minimum Gasteiger partial charge on any atom is -0.374 e. The Morgan fingerprint density at radius 1 is 1.10 bits per heavy atom. The summed E-state index contributed by atoms with van der Waals surface area (Å²) in [6.45, 7) is 7.48. The molecule has 0 amide bonds. The third-order valence-electron chi connectivity index (χ3n) is 5.99. The zero-order valence-corrected chi connectivity index (χ0v) is 17.9. The number of hydrogen-bond donors (Lipinski definition) is 2. The number of piperazine rings is 1. The van der Waals surface area contributed by atoms with Gasteiger partial charge in [-0.1, -0.05) is 12.1 Å². The molecule has 0 aliphatic carbocycles. The van der Waals surface area contributed by atoms with Crippen molar-refractivity contribution in [1.29, 1.82) is 0 Å². The number of anilines is 2. The highest BCUT2D eigenvalue weighted by atomic mass is 16.5. The van der Waals surface area contributed by atoms with E-state index in [0.717, 1.165) is 74.0 Å². The first-order chi connectivity index (χ1) is 15.3. The molecule has 0 saturated carbocycles. The van der Waals surface area contributed by atoms with Crippen LogP contribution in [0.4, 0.5) is 11.5 Å². The fraction of sp³-hybridized carbons (Fsp3) is 0.435. The van der Waals surface area contributed by atoms with Gasteiger partial charge in [0.05, 0.1) is 23.9 Å². The summed E-state index contributed by atoms with van der Waals surface area (Å²) in [7, 11) is 2.18. The van der Waals surface area contributed by atoms with E-state index in [0.29, 0.717) is 6.54 Å². The summed E-state index contributed by atoms with van der Waals surface area (Å²) < 4.78 is 5.81. The summed E-state index contributed by atoms with van der Waals surface area (Å²) in [6.07, 6.45) is 3.55. The number of rotatable bonds is 5. The maximum atomic E-state index is 5.81. The average Bonchev–Trinajstić information content (AvgIpc) is 2.83. The summed E-state index contributed by atoms with van der Waals surface area (Å²) in [4.78, 5) is 18.7. The molecular weight excluding hydrogens is 390 g/mol. The van der Waals surface area contributed by atoms with E-state index in [-0.39, 0.29) is 6.10 Å². The molecule has 1 unspecified atom stereocenters. The maximum Gasteiger partial charge on any atom is 0.154 e. The van der Waals surface area contributed by atoms with Crippen LogP contribution in [0.25, 0.3) is 22.3 Å². The van der Waals surface area contributed by atoms with Crippen LogP contribution in [-0.2, 0) is 4.74 Å². The van der Waals surface area contributed by atoms with Gasteiger partial charge in [0.1, 0.15) is 5.52 Å². The third kappa shape index (κ3) is 4.61. The molecule has 31 heavy (non-hydrogen) atoms. The van der Waals surface area contributed by atoms with Crippen molar-refractivity contribution in [2.24, 2.45) is 0 Å². The molecule has 0 spiro atoms. The molecular formula is C23H29N7O. The smallest absolute Gasteiger partial charge is 0.154 e.